The summed E-state index contributed by atoms with van der Waals surface area (Å²) >= 11 is 0. The summed E-state index contributed by atoms with van der Waals surface area (Å²) in [6.45, 7) is 4.34. The molecular formula is C26H22N4O4. The van der Waals surface area contributed by atoms with Crippen LogP contribution in [0.3, 0.4) is 0 Å². The van der Waals surface area contributed by atoms with Crippen LogP contribution in [0.5, 0.6) is 5.75 Å². The predicted molar refractivity (Wildman–Crippen MR) is 127 cm³/mol. The molecule has 34 heavy (non-hydrogen) atoms. The van der Waals surface area contributed by atoms with Crippen LogP contribution in [0.2, 0.25) is 0 Å². The summed E-state index contributed by atoms with van der Waals surface area (Å²) in [5.74, 6) is -0.0122. The number of carboxylic acids is 1. The monoisotopic (exact) mass is 454 g/mol. The van der Waals surface area contributed by atoms with Gasteiger partial charge in [-0.3, -0.25) is 9.97 Å². The molecule has 5 aromatic rings. The molecule has 5 rings (SSSR count). The summed E-state index contributed by atoms with van der Waals surface area (Å²) in [7, 11) is 1.46. The normalized spacial score (nSPS) is 11.1. The first-order valence-corrected chi connectivity index (χ1v) is 10.7. The molecule has 4 heterocycles. The van der Waals surface area contributed by atoms with E-state index in [1.54, 1.807) is 24.4 Å². The van der Waals surface area contributed by atoms with Crippen molar-refractivity contribution in [3.05, 3.63) is 83.8 Å². The molecule has 170 valence electrons. The van der Waals surface area contributed by atoms with E-state index in [-0.39, 0.29) is 5.56 Å². The number of ether oxygens (including phenoxy) is 1. The number of nitrogens with zero attached hydrogens (tertiary/aromatic N) is 4. The van der Waals surface area contributed by atoms with E-state index in [2.05, 4.69) is 20.8 Å². The lowest BCUT2D eigenvalue weighted by atomic mass is 10.0. The second-order valence-electron chi connectivity index (χ2n) is 8.00. The van der Waals surface area contributed by atoms with Crippen molar-refractivity contribution in [2.75, 3.05) is 7.11 Å². The summed E-state index contributed by atoms with van der Waals surface area (Å²) in [5, 5.41) is 13.5. The molecule has 0 unspecified atom stereocenters. The van der Waals surface area contributed by atoms with Crippen LogP contribution in [0.15, 0.2) is 65.6 Å². The quantitative estimate of drug-likeness (QED) is 0.379. The number of hydrogen-bond donors (Lipinski definition) is 1. The highest BCUT2D eigenvalue weighted by Crippen LogP contribution is 2.36. The van der Waals surface area contributed by atoms with Gasteiger partial charge in [-0.1, -0.05) is 17.3 Å². The van der Waals surface area contributed by atoms with Crippen LogP contribution in [0, 0.1) is 13.8 Å². The van der Waals surface area contributed by atoms with E-state index in [1.807, 2.05) is 44.4 Å². The van der Waals surface area contributed by atoms with Gasteiger partial charge in [-0.2, -0.15) is 0 Å². The molecule has 0 saturated heterocycles. The number of carboxylic acid groups (broad SMARTS) is 1. The van der Waals surface area contributed by atoms with Crippen LogP contribution in [0.25, 0.3) is 33.3 Å². The zero-order valence-electron chi connectivity index (χ0n) is 18.9. The Balaban J connectivity index is 1.71. The minimum Gasteiger partial charge on any atom is -0.496 e. The van der Waals surface area contributed by atoms with Crippen LogP contribution in [-0.4, -0.2) is 37.9 Å². The fourth-order valence-corrected chi connectivity index (χ4v) is 4.24. The number of aromatic nitrogens is 4. The summed E-state index contributed by atoms with van der Waals surface area (Å²) in [5.41, 5.74) is 7.04. The van der Waals surface area contributed by atoms with E-state index in [0.717, 1.165) is 50.4 Å². The molecule has 1 aromatic carbocycles. The Bertz CT molecular complexity index is 1500. The largest absolute Gasteiger partial charge is 0.496 e. The Hall–Kier alpha value is -4.46. The van der Waals surface area contributed by atoms with Gasteiger partial charge in [0.1, 0.15) is 17.1 Å². The number of fused-ring (bicyclic) bond motifs is 1. The van der Waals surface area contributed by atoms with Crippen molar-refractivity contribution in [3.8, 4) is 28.0 Å². The molecule has 0 fully saturated rings. The summed E-state index contributed by atoms with van der Waals surface area (Å²) in [4.78, 5) is 20.8. The lowest BCUT2D eigenvalue weighted by Crippen LogP contribution is -2.00. The number of aryl methyl sites for hydroxylation is 2. The highest BCUT2D eigenvalue weighted by molar-refractivity contribution is 5.97. The Morgan fingerprint density at radius 3 is 2.65 bits per heavy atom. The maximum Gasteiger partial charge on any atom is 0.339 e. The third-order valence-corrected chi connectivity index (χ3v) is 5.84. The van der Waals surface area contributed by atoms with Gasteiger partial charge >= 0.3 is 5.97 Å². The smallest absolute Gasteiger partial charge is 0.339 e. The van der Waals surface area contributed by atoms with Gasteiger partial charge in [0.25, 0.3) is 0 Å². The second kappa shape index (κ2) is 8.47. The Kier molecular flexibility index (Phi) is 5.33. The van der Waals surface area contributed by atoms with E-state index in [1.165, 1.54) is 7.11 Å². The Morgan fingerprint density at radius 1 is 1.12 bits per heavy atom. The van der Waals surface area contributed by atoms with Gasteiger partial charge < -0.3 is 18.9 Å². The molecule has 0 aliphatic heterocycles. The van der Waals surface area contributed by atoms with Gasteiger partial charge in [-0.25, -0.2) is 4.79 Å². The molecule has 0 atom stereocenters. The zero-order valence-corrected chi connectivity index (χ0v) is 18.9. The van der Waals surface area contributed by atoms with Gasteiger partial charge in [-0.15, -0.1) is 0 Å². The number of carbonyl (C=O) groups is 1. The SMILES string of the molecule is COc1cc(-c2cn(Cc3ccccn3)c3cc(-c4c(C)noc4C)cnc23)ccc1C(=O)O. The number of aromatic carboxylic acids is 1. The van der Waals surface area contributed by atoms with Crippen molar-refractivity contribution in [3.63, 3.8) is 0 Å². The summed E-state index contributed by atoms with van der Waals surface area (Å²) in [6.07, 6.45) is 5.59. The molecule has 0 aliphatic rings. The molecule has 8 heteroatoms. The van der Waals surface area contributed by atoms with Crippen molar-refractivity contribution in [1.82, 2.24) is 19.7 Å². The van der Waals surface area contributed by atoms with Crippen LogP contribution < -0.4 is 4.74 Å². The molecule has 8 nitrogen and oxygen atoms in total. The number of methoxy groups -OCH3 is 1. The van der Waals surface area contributed by atoms with E-state index in [0.29, 0.717) is 12.3 Å². The number of rotatable bonds is 6. The third kappa shape index (κ3) is 3.69. The Morgan fingerprint density at radius 2 is 1.97 bits per heavy atom. The summed E-state index contributed by atoms with van der Waals surface area (Å²) < 4.78 is 12.8. The number of pyridine rings is 2. The molecule has 0 spiro atoms. The Labute approximate surface area is 195 Å². The lowest BCUT2D eigenvalue weighted by Gasteiger charge is -2.07. The van der Waals surface area contributed by atoms with Crippen LogP contribution in [0.4, 0.5) is 0 Å². The van der Waals surface area contributed by atoms with Crippen LogP contribution in [-0.2, 0) is 6.54 Å². The zero-order chi connectivity index (χ0) is 23.8. The average molecular weight is 454 g/mol. The average Bonchev–Trinajstić information content (AvgIpc) is 3.37. The fraction of sp³-hybridized carbons (Fsp3) is 0.154. The number of hydrogen-bond acceptors (Lipinski definition) is 6. The van der Waals surface area contributed by atoms with Crippen LogP contribution >= 0.6 is 0 Å². The highest BCUT2D eigenvalue weighted by atomic mass is 16.5. The standard InChI is InChI=1S/C26H22N4O4/c1-15-24(16(2)34-29-15)18-10-22-25(28-12-18)21(14-30(22)13-19-6-4-5-9-27-19)17-7-8-20(26(31)32)23(11-17)33-3/h4-12,14H,13H2,1-3H3,(H,31,32). The maximum absolute atomic E-state index is 11.5. The minimum atomic E-state index is -1.04. The molecule has 0 radical (unpaired) electrons. The van der Waals surface area contributed by atoms with Crippen molar-refractivity contribution in [2.24, 2.45) is 0 Å². The predicted octanol–water partition coefficient (Wildman–Crippen LogP) is 5.13. The first-order valence-electron chi connectivity index (χ1n) is 10.7. The first kappa shape index (κ1) is 21.4. The highest BCUT2D eigenvalue weighted by Gasteiger charge is 2.19. The van der Waals surface area contributed by atoms with Gasteiger partial charge in [0.2, 0.25) is 0 Å². The van der Waals surface area contributed by atoms with Crippen molar-refractivity contribution in [1.29, 1.82) is 0 Å². The first-order chi connectivity index (χ1) is 16.5. The fourth-order valence-electron chi connectivity index (χ4n) is 4.24. The van der Waals surface area contributed by atoms with Crippen molar-refractivity contribution in [2.45, 2.75) is 20.4 Å². The van der Waals surface area contributed by atoms with Crippen molar-refractivity contribution < 1.29 is 19.2 Å². The molecular weight excluding hydrogens is 432 g/mol. The molecule has 0 amide bonds. The second-order valence-corrected chi connectivity index (χ2v) is 8.00. The van der Waals surface area contributed by atoms with E-state index in [4.69, 9.17) is 14.2 Å². The van der Waals surface area contributed by atoms with E-state index < -0.39 is 5.97 Å². The lowest BCUT2D eigenvalue weighted by molar-refractivity contribution is 0.0693. The third-order valence-electron chi connectivity index (χ3n) is 5.84. The molecule has 1 N–H and O–H groups in total. The van der Waals surface area contributed by atoms with E-state index >= 15 is 0 Å². The molecule has 0 aliphatic carbocycles. The molecule has 0 bridgehead atoms. The minimum absolute atomic E-state index is 0.108. The molecule has 0 saturated carbocycles. The topological polar surface area (TPSA) is 103 Å². The maximum atomic E-state index is 11.5. The van der Waals surface area contributed by atoms with Crippen LogP contribution in [0.1, 0.15) is 27.5 Å². The van der Waals surface area contributed by atoms with Crippen molar-refractivity contribution >= 4 is 17.0 Å². The van der Waals surface area contributed by atoms with Gasteiger partial charge in [0, 0.05) is 35.3 Å². The van der Waals surface area contributed by atoms with Gasteiger partial charge in [0.15, 0.2) is 0 Å². The van der Waals surface area contributed by atoms with Gasteiger partial charge in [-0.05, 0) is 49.7 Å². The van der Waals surface area contributed by atoms with E-state index in [9.17, 15) is 9.90 Å². The van der Waals surface area contributed by atoms with Gasteiger partial charge in [0.05, 0.1) is 36.1 Å². The summed E-state index contributed by atoms with van der Waals surface area (Å²) in [6, 6.07) is 12.9. The number of benzene rings is 1. The molecule has 4 aromatic heterocycles.